The maximum atomic E-state index is 11.3. The Balaban J connectivity index is 1.82. The third kappa shape index (κ3) is 4.04. The van der Waals surface area contributed by atoms with Crippen LogP contribution in [-0.2, 0) is 11.2 Å². The molecule has 1 aromatic heterocycles. The summed E-state index contributed by atoms with van der Waals surface area (Å²) in [5, 5.41) is 3.50. The molecule has 0 saturated carbocycles. The molecule has 0 fully saturated rings. The highest BCUT2D eigenvalue weighted by Crippen LogP contribution is 2.27. The maximum Gasteiger partial charge on any atom is 0.248 e. The van der Waals surface area contributed by atoms with E-state index in [4.69, 9.17) is 4.74 Å². The Hall–Kier alpha value is -1.39. The van der Waals surface area contributed by atoms with E-state index in [9.17, 15) is 4.79 Å². The van der Waals surface area contributed by atoms with Crippen LogP contribution in [0.2, 0.25) is 0 Å². The SMILES string of the molecule is C=CCCOCCNC1CCCc2[nH]c(=O)ccc21. The van der Waals surface area contributed by atoms with Crippen LogP contribution in [0.25, 0.3) is 0 Å². The number of hydrogen-bond donors (Lipinski definition) is 2. The molecule has 0 aliphatic heterocycles. The average molecular weight is 262 g/mol. The lowest BCUT2D eigenvalue weighted by Gasteiger charge is -2.26. The molecule has 1 atom stereocenters. The van der Waals surface area contributed by atoms with Gasteiger partial charge in [-0.3, -0.25) is 4.79 Å². The minimum Gasteiger partial charge on any atom is -0.380 e. The van der Waals surface area contributed by atoms with Gasteiger partial charge in [-0.25, -0.2) is 0 Å². The van der Waals surface area contributed by atoms with Crippen molar-refractivity contribution in [1.82, 2.24) is 10.3 Å². The monoisotopic (exact) mass is 262 g/mol. The number of aromatic nitrogens is 1. The summed E-state index contributed by atoms with van der Waals surface area (Å²) in [6.07, 6.45) is 5.96. The fourth-order valence-corrected chi connectivity index (χ4v) is 2.49. The number of ether oxygens (including phenoxy) is 1. The third-order valence-corrected chi connectivity index (χ3v) is 3.44. The van der Waals surface area contributed by atoms with Crippen molar-refractivity contribution < 1.29 is 4.74 Å². The molecule has 2 N–H and O–H groups in total. The Morgan fingerprint density at radius 3 is 3.21 bits per heavy atom. The first-order chi connectivity index (χ1) is 9.31. The number of H-pyrrole nitrogens is 1. The molecule has 19 heavy (non-hydrogen) atoms. The molecule has 4 heteroatoms. The first kappa shape index (κ1) is 14.0. The summed E-state index contributed by atoms with van der Waals surface area (Å²) in [6.45, 7) is 5.94. The first-order valence-corrected chi connectivity index (χ1v) is 6.95. The zero-order valence-electron chi connectivity index (χ0n) is 11.3. The number of aryl methyl sites for hydroxylation is 1. The van der Waals surface area contributed by atoms with E-state index in [-0.39, 0.29) is 5.56 Å². The van der Waals surface area contributed by atoms with Crippen LogP contribution < -0.4 is 10.9 Å². The predicted molar refractivity (Wildman–Crippen MR) is 76.4 cm³/mol. The van der Waals surface area contributed by atoms with Crippen molar-refractivity contribution in [3.8, 4) is 0 Å². The second kappa shape index (κ2) is 7.26. The van der Waals surface area contributed by atoms with Gasteiger partial charge < -0.3 is 15.0 Å². The lowest BCUT2D eigenvalue weighted by atomic mass is 9.91. The number of hydrogen-bond acceptors (Lipinski definition) is 3. The predicted octanol–water partition coefficient (Wildman–Crippen LogP) is 1.93. The van der Waals surface area contributed by atoms with Gasteiger partial charge in [-0.15, -0.1) is 6.58 Å². The number of aromatic amines is 1. The molecule has 104 valence electrons. The van der Waals surface area contributed by atoms with E-state index in [1.807, 2.05) is 12.1 Å². The Labute approximate surface area is 113 Å². The van der Waals surface area contributed by atoms with Crippen molar-refractivity contribution in [2.75, 3.05) is 19.8 Å². The maximum absolute atomic E-state index is 11.3. The Bertz CT molecular complexity index is 467. The molecule has 0 aromatic carbocycles. The van der Waals surface area contributed by atoms with Gasteiger partial charge in [0.15, 0.2) is 0 Å². The van der Waals surface area contributed by atoms with E-state index in [1.54, 1.807) is 6.07 Å². The summed E-state index contributed by atoms with van der Waals surface area (Å²) >= 11 is 0. The van der Waals surface area contributed by atoms with Gasteiger partial charge in [-0.2, -0.15) is 0 Å². The molecule has 1 unspecified atom stereocenters. The molecule has 0 radical (unpaired) electrons. The van der Waals surface area contributed by atoms with E-state index in [1.165, 1.54) is 5.56 Å². The highest BCUT2D eigenvalue weighted by atomic mass is 16.5. The molecule has 1 aromatic rings. The highest BCUT2D eigenvalue weighted by molar-refractivity contribution is 5.26. The van der Waals surface area contributed by atoms with E-state index in [0.717, 1.165) is 44.5 Å². The van der Waals surface area contributed by atoms with Crippen molar-refractivity contribution in [3.05, 3.63) is 46.4 Å². The third-order valence-electron chi connectivity index (χ3n) is 3.44. The second-order valence-electron chi connectivity index (χ2n) is 4.85. The molecule has 0 spiro atoms. The van der Waals surface area contributed by atoms with E-state index in [2.05, 4.69) is 16.9 Å². The lowest BCUT2D eigenvalue weighted by Crippen LogP contribution is -2.29. The van der Waals surface area contributed by atoms with Gasteiger partial charge in [-0.05, 0) is 31.2 Å². The molecule has 4 nitrogen and oxygen atoms in total. The molecule has 1 aliphatic carbocycles. The minimum atomic E-state index is -0.00726. The van der Waals surface area contributed by atoms with Gasteiger partial charge in [0.1, 0.15) is 0 Å². The summed E-state index contributed by atoms with van der Waals surface area (Å²) in [5.41, 5.74) is 2.31. The average Bonchev–Trinajstić information content (AvgIpc) is 2.42. The normalized spacial score (nSPS) is 18.0. The zero-order chi connectivity index (χ0) is 13.5. The summed E-state index contributed by atoms with van der Waals surface area (Å²) in [7, 11) is 0. The van der Waals surface area contributed by atoms with E-state index >= 15 is 0 Å². The fraction of sp³-hybridized carbons (Fsp3) is 0.533. The quantitative estimate of drug-likeness (QED) is 0.583. The molecular weight excluding hydrogens is 240 g/mol. The molecule has 0 bridgehead atoms. The number of nitrogens with one attached hydrogen (secondary N) is 2. The summed E-state index contributed by atoms with van der Waals surface area (Å²) in [4.78, 5) is 14.2. The van der Waals surface area contributed by atoms with Crippen LogP contribution in [0.15, 0.2) is 29.6 Å². The number of rotatable bonds is 7. The van der Waals surface area contributed by atoms with E-state index < -0.39 is 0 Å². The number of fused-ring (bicyclic) bond motifs is 1. The summed E-state index contributed by atoms with van der Waals surface area (Å²) < 4.78 is 5.48. The largest absolute Gasteiger partial charge is 0.380 e. The smallest absolute Gasteiger partial charge is 0.248 e. The van der Waals surface area contributed by atoms with Gasteiger partial charge >= 0.3 is 0 Å². The van der Waals surface area contributed by atoms with Crippen molar-refractivity contribution in [3.63, 3.8) is 0 Å². The second-order valence-corrected chi connectivity index (χ2v) is 4.85. The van der Waals surface area contributed by atoms with Crippen LogP contribution in [0.1, 0.15) is 36.6 Å². The van der Waals surface area contributed by atoms with Gasteiger partial charge in [0.05, 0.1) is 13.2 Å². The Morgan fingerprint density at radius 1 is 1.47 bits per heavy atom. The van der Waals surface area contributed by atoms with Crippen molar-refractivity contribution in [2.45, 2.75) is 31.7 Å². The van der Waals surface area contributed by atoms with Crippen molar-refractivity contribution >= 4 is 0 Å². The highest BCUT2D eigenvalue weighted by Gasteiger charge is 2.19. The Kier molecular flexibility index (Phi) is 5.36. The van der Waals surface area contributed by atoms with E-state index in [0.29, 0.717) is 12.6 Å². The van der Waals surface area contributed by atoms with Crippen LogP contribution in [0.3, 0.4) is 0 Å². The Morgan fingerprint density at radius 2 is 2.37 bits per heavy atom. The van der Waals surface area contributed by atoms with Crippen molar-refractivity contribution in [2.24, 2.45) is 0 Å². The molecule has 2 rings (SSSR count). The fourth-order valence-electron chi connectivity index (χ4n) is 2.49. The van der Waals surface area contributed by atoms with Crippen LogP contribution in [0.5, 0.6) is 0 Å². The van der Waals surface area contributed by atoms with Crippen LogP contribution in [0, 0.1) is 0 Å². The number of pyridine rings is 1. The van der Waals surface area contributed by atoms with Gasteiger partial charge in [0, 0.05) is 24.3 Å². The summed E-state index contributed by atoms with van der Waals surface area (Å²) in [5.74, 6) is 0. The molecular formula is C15H22N2O2. The van der Waals surface area contributed by atoms with Gasteiger partial charge in [-0.1, -0.05) is 12.1 Å². The standard InChI is InChI=1S/C15H22N2O2/c1-2-3-10-19-11-9-16-13-5-4-6-14-12(13)7-8-15(18)17-14/h2,7-8,13,16H,1,3-6,9-11H2,(H,17,18). The van der Waals surface area contributed by atoms with Crippen LogP contribution in [0.4, 0.5) is 0 Å². The molecule has 1 heterocycles. The molecule has 1 aliphatic rings. The summed E-state index contributed by atoms with van der Waals surface area (Å²) in [6, 6.07) is 3.90. The van der Waals surface area contributed by atoms with Crippen LogP contribution in [-0.4, -0.2) is 24.7 Å². The topological polar surface area (TPSA) is 54.1 Å². The van der Waals surface area contributed by atoms with Crippen LogP contribution >= 0.6 is 0 Å². The minimum absolute atomic E-state index is 0.00726. The van der Waals surface area contributed by atoms with Gasteiger partial charge in [0.2, 0.25) is 5.56 Å². The van der Waals surface area contributed by atoms with Gasteiger partial charge in [0.25, 0.3) is 0 Å². The molecule has 0 amide bonds. The molecule has 0 saturated heterocycles. The zero-order valence-corrected chi connectivity index (χ0v) is 11.3. The first-order valence-electron chi connectivity index (χ1n) is 6.95. The lowest BCUT2D eigenvalue weighted by molar-refractivity contribution is 0.137. The van der Waals surface area contributed by atoms with Crippen molar-refractivity contribution in [1.29, 1.82) is 0 Å².